The van der Waals surface area contributed by atoms with Crippen LogP contribution < -0.4 is 0 Å². The van der Waals surface area contributed by atoms with Gasteiger partial charge in [-0.05, 0) is 42.5 Å². The van der Waals surface area contributed by atoms with E-state index in [1.54, 1.807) is 0 Å². The number of hydrogen-bond acceptors (Lipinski definition) is 0. The highest BCUT2D eigenvalue weighted by Crippen LogP contribution is 2.33. The standard InChI is InChI=1S/C19H24/c1-4-5-12-19(17-13-8-6-10-15(17)2)18-14-9-7-11-16(18)3/h6-11,13-14,19H,4-5,12H2,1-3H3. The van der Waals surface area contributed by atoms with Gasteiger partial charge in [-0.15, -0.1) is 0 Å². The predicted molar refractivity (Wildman–Crippen MR) is 83.7 cm³/mol. The molecule has 2 aromatic carbocycles. The van der Waals surface area contributed by atoms with Gasteiger partial charge in [0, 0.05) is 5.92 Å². The van der Waals surface area contributed by atoms with Crippen molar-refractivity contribution >= 4 is 0 Å². The lowest BCUT2D eigenvalue weighted by atomic mass is 9.83. The largest absolute Gasteiger partial charge is 0.0654 e. The van der Waals surface area contributed by atoms with Crippen LogP contribution in [-0.4, -0.2) is 0 Å². The van der Waals surface area contributed by atoms with Crippen LogP contribution in [0.3, 0.4) is 0 Å². The van der Waals surface area contributed by atoms with Gasteiger partial charge < -0.3 is 0 Å². The van der Waals surface area contributed by atoms with Gasteiger partial charge in [-0.2, -0.15) is 0 Å². The van der Waals surface area contributed by atoms with Crippen LogP contribution in [-0.2, 0) is 0 Å². The second kappa shape index (κ2) is 6.56. The Labute approximate surface area is 117 Å². The van der Waals surface area contributed by atoms with E-state index in [0.29, 0.717) is 5.92 Å². The summed E-state index contributed by atoms with van der Waals surface area (Å²) in [7, 11) is 0. The highest BCUT2D eigenvalue weighted by Gasteiger charge is 2.16. The minimum Gasteiger partial charge on any atom is -0.0654 e. The molecule has 100 valence electrons. The van der Waals surface area contributed by atoms with Gasteiger partial charge >= 0.3 is 0 Å². The van der Waals surface area contributed by atoms with Crippen LogP contribution >= 0.6 is 0 Å². The average molecular weight is 252 g/mol. The van der Waals surface area contributed by atoms with Crippen molar-refractivity contribution in [1.82, 2.24) is 0 Å². The van der Waals surface area contributed by atoms with Crippen LogP contribution in [0.15, 0.2) is 48.5 Å². The Morgan fingerprint density at radius 3 is 1.68 bits per heavy atom. The zero-order valence-corrected chi connectivity index (χ0v) is 12.3. The monoisotopic (exact) mass is 252 g/mol. The fraction of sp³-hybridized carbons (Fsp3) is 0.368. The van der Waals surface area contributed by atoms with E-state index in [1.165, 1.54) is 41.5 Å². The van der Waals surface area contributed by atoms with E-state index in [2.05, 4.69) is 69.3 Å². The molecule has 0 heteroatoms. The third kappa shape index (κ3) is 3.26. The summed E-state index contributed by atoms with van der Waals surface area (Å²) >= 11 is 0. The number of unbranched alkanes of at least 4 members (excludes halogenated alkanes) is 1. The van der Waals surface area contributed by atoms with Crippen molar-refractivity contribution in [1.29, 1.82) is 0 Å². The fourth-order valence-corrected chi connectivity index (χ4v) is 2.84. The van der Waals surface area contributed by atoms with Gasteiger partial charge in [0.2, 0.25) is 0 Å². The quantitative estimate of drug-likeness (QED) is 0.647. The predicted octanol–water partition coefficient (Wildman–Crippen LogP) is 5.63. The molecule has 2 rings (SSSR count). The van der Waals surface area contributed by atoms with Crippen LogP contribution in [0.5, 0.6) is 0 Å². The van der Waals surface area contributed by atoms with E-state index in [-0.39, 0.29) is 0 Å². The third-order valence-corrected chi connectivity index (χ3v) is 3.97. The van der Waals surface area contributed by atoms with Crippen LogP contribution in [0, 0.1) is 13.8 Å². The maximum atomic E-state index is 2.29. The van der Waals surface area contributed by atoms with Crippen LogP contribution in [0.4, 0.5) is 0 Å². The van der Waals surface area contributed by atoms with Crippen molar-refractivity contribution in [2.45, 2.75) is 46.0 Å². The molecule has 0 unspecified atom stereocenters. The molecule has 0 fully saturated rings. The molecule has 0 aliphatic rings. The van der Waals surface area contributed by atoms with Gasteiger partial charge in [0.1, 0.15) is 0 Å². The lowest BCUT2D eigenvalue weighted by Crippen LogP contribution is -2.05. The van der Waals surface area contributed by atoms with Gasteiger partial charge in [-0.25, -0.2) is 0 Å². The molecule has 0 nitrogen and oxygen atoms in total. The van der Waals surface area contributed by atoms with E-state index >= 15 is 0 Å². The fourth-order valence-electron chi connectivity index (χ4n) is 2.84. The SMILES string of the molecule is CCCCC(c1ccccc1C)c1ccccc1C. The van der Waals surface area contributed by atoms with Crippen molar-refractivity contribution in [3.63, 3.8) is 0 Å². The smallest absolute Gasteiger partial charge is 0.00945 e. The summed E-state index contributed by atoms with van der Waals surface area (Å²) in [5.41, 5.74) is 5.80. The van der Waals surface area contributed by atoms with Gasteiger partial charge in [-0.1, -0.05) is 68.3 Å². The first-order valence-corrected chi connectivity index (χ1v) is 7.35. The molecule has 0 atom stereocenters. The van der Waals surface area contributed by atoms with E-state index in [0.717, 1.165) is 0 Å². The molecule has 2 aromatic rings. The Bertz CT molecular complexity index is 480. The first kappa shape index (κ1) is 13.9. The maximum Gasteiger partial charge on any atom is 0.00945 e. The molecule has 0 N–H and O–H groups in total. The van der Waals surface area contributed by atoms with Crippen molar-refractivity contribution in [3.05, 3.63) is 70.8 Å². The lowest BCUT2D eigenvalue weighted by Gasteiger charge is -2.21. The summed E-state index contributed by atoms with van der Waals surface area (Å²) in [5.74, 6) is 0.544. The molecule has 0 saturated carbocycles. The minimum atomic E-state index is 0.544. The molecule has 0 aliphatic carbocycles. The van der Waals surface area contributed by atoms with Crippen LogP contribution in [0.1, 0.15) is 54.4 Å². The molecule has 0 spiro atoms. The Kier molecular flexibility index (Phi) is 4.79. The van der Waals surface area contributed by atoms with Crippen LogP contribution in [0.2, 0.25) is 0 Å². The summed E-state index contributed by atoms with van der Waals surface area (Å²) in [5, 5.41) is 0. The summed E-state index contributed by atoms with van der Waals surface area (Å²) in [6, 6.07) is 17.6. The highest BCUT2D eigenvalue weighted by atomic mass is 14.2. The Hall–Kier alpha value is -1.56. The van der Waals surface area contributed by atoms with Crippen molar-refractivity contribution < 1.29 is 0 Å². The first-order chi connectivity index (χ1) is 9.24. The van der Waals surface area contributed by atoms with Gasteiger partial charge in [0.05, 0.1) is 0 Å². The lowest BCUT2D eigenvalue weighted by molar-refractivity contribution is 0.645. The Morgan fingerprint density at radius 1 is 0.789 bits per heavy atom. The summed E-state index contributed by atoms with van der Waals surface area (Å²) in [6.07, 6.45) is 3.79. The van der Waals surface area contributed by atoms with Gasteiger partial charge in [-0.3, -0.25) is 0 Å². The molecular weight excluding hydrogens is 228 g/mol. The molecule has 0 bridgehead atoms. The molecule has 0 aliphatic heterocycles. The van der Waals surface area contributed by atoms with E-state index in [1.807, 2.05) is 0 Å². The highest BCUT2D eigenvalue weighted by molar-refractivity contribution is 5.40. The van der Waals surface area contributed by atoms with Gasteiger partial charge in [0.25, 0.3) is 0 Å². The van der Waals surface area contributed by atoms with E-state index in [4.69, 9.17) is 0 Å². The number of rotatable bonds is 5. The van der Waals surface area contributed by atoms with Crippen molar-refractivity contribution in [2.24, 2.45) is 0 Å². The van der Waals surface area contributed by atoms with Crippen LogP contribution in [0.25, 0.3) is 0 Å². The Morgan fingerprint density at radius 2 is 1.26 bits per heavy atom. The average Bonchev–Trinajstić information content (AvgIpc) is 2.42. The number of aryl methyl sites for hydroxylation is 2. The molecule has 0 aromatic heterocycles. The number of benzene rings is 2. The molecular formula is C19H24. The second-order valence-electron chi connectivity index (χ2n) is 5.41. The first-order valence-electron chi connectivity index (χ1n) is 7.35. The maximum absolute atomic E-state index is 2.29. The zero-order chi connectivity index (χ0) is 13.7. The molecule has 0 heterocycles. The second-order valence-corrected chi connectivity index (χ2v) is 5.41. The number of hydrogen-bond donors (Lipinski definition) is 0. The topological polar surface area (TPSA) is 0 Å². The molecule has 0 amide bonds. The minimum absolute atomic E-state index is 0.544. The third-order valence-electron chi connectivity index (χ3n) is 3.97. The van der Waals surface area contributed by atoms with Crippen molar-refractivity contribution in [2.75, 3.05) is 0 Å². The Balaban J connectivity index is 2.42. The van der Waals surface area contributed by atoms with Gasteiger partial charge in [0.15, 0.2) is 0 Å². The molecule has 0 saturated heterocycles. The van der Waals surface area contributed by atoms with E-state index < -0.39 is 0 Å². The normalized spacial score (nSPS) is 10.9. The summed E-state index contributed by atoms with van der Waals surface area (Å²) in [6.45, 7) is 6.73. The summed E-state index contributed by atoms with van der Waals surface area (Å²) < 4.78 is 0. The molecule has 19 heavy (non-hydrogen) atoms. The summed E-state index contributed by atoms with van der Waals surface area (Å²) in [4.78, 5) is 0. The van der Waals surface area contributed by atoms with Crippen molar-refractivity contribution in [3.8, 4) is 0 Å². The molecule has 0 radical (unpaired) electrons. The van der Waals surface area contributed by atoms with E-state index in [9.17, 15) is 0 Å². The zero-order valence-electron chi connectivity index (χ0n) is 12.3.